The van der Waals surface area contributed by atoms with E-state index in [0.717, 1.165) is 5.75 Å². The van der Waals surface area contributed by atoms with E-state index < -0.39 is 0 Å². The third-order valence-corrected chi connectivity index (χ3v) is 4.02. The maximum Gasteiger partial charge on any atom is 0.122 e. The first-order chi connectivity index (χ1) is 7.41. The molecule has 1 rings (SSSR count). The molecule has 0 aromatic heterocycles. The lowest BCUT2D eigenvalue weighted by Crippen LogP contribution is -2.19. The van der Waals surface area contributed by atoms with Crippen molar-refractivity contribution in [3.63, 3.8) is 0 Å². The Morgan fingerprint density at radius 2 is 1.88 bits per heavy atom. The normalized spacial score (nSPS) is 11.6. The van der Waals surface area contributed by atoms with Crippen molar-refractivity contribution in [2.24, 2.45) is 0 Å². The zero-order valence-corrected chi connectivity index (χ0v) is 11.4. The van der Waals surface area contributed by atoms with Crippen molar-refractivity contribution >= 4 is 11.8 Å². The second-order valence-electron chi connectivity index (χ2n) is 4.54. The van der Waals surface area contributed by atoms with Gasteiger partial charge in [0.15, 0.2) is 0 Å². The van der Waals surface area contributed by atoms with Crippen LogP contribution in [0.4, 0.5) is 0 Å². The Kier molecular flexibility index (Phi) is 4.28. The van der Waals surface area contributed by atoms with Crippen LogP contribution < -0.4 is 4.74 Å². The van der Waals surface area contributed by atoms with E-state index in [1.54, 1.807) is 18.9 Å². The summed E-state index contributed by atoms with van der Waals surface area (Å²) in [5.41, 5.74) is 2.40. The number of hydrogen-bond donors (Lipinski definition) is 1. The van der Waals surface area contributed by atoms with Gasteiger partial charge in [-0.3, -0.25) is 0 Å². The van der Waals surface area contributed by atoms with Crippen LogP contribution in [0.15, 0.2) is 17.0 Å². The molecule has 0 bridgehead atoms. The van der Waals surface area contributed by atoms with Crippen molar-refractivity contribution in [2.75, 3.05) is 13.7 Å². The average Bonchev–Trinajstić information content (AvgIpc) is 2.25. The summed E-state index contributed by atoms with van der Waals surface area (Å²) in [6.45, 7) is 8.40. The second-order valence-corrected chi connectivity index (χ2v) is 6.28. The minimum Gasteiger partial charge on any atom is -0.496 e. The van der Waals surface area contributed by atoms with Gasteiger partial charge in [-0.05, 0) is 51.0 Å². The van der Waals surface area contributed by atoms with E-state index in [2.05, 4.69) is 19.9 Å². The van der Waals surface area contributed by atoms with Gasteiger partial charge in [0.1, 0.15) is 5.75 Å². The van der Waals surface area contributed by atoms with Crippen molar-refractivity contribution in [1.29, 1.82) is 0 Å². The fourth-order valence-electron chi connectivity index (χ4n) is 1.43. The van der Waals surface area contributed by atoms with E-state index in [9.17, 15) is 5.11 Å². The molecule has 16 heavy (non-hydrogen) atoms. The molecule has 1 aromatic carbocycles. The zero-order valence-electron chi connectivity index (χ0n) is 10.6. The van der Waals surface area contributed by atoms with E-state index in [4.69, 9.17) is 4.74 Å². The average molecular weight is 240 g/mol. The van der Waals surface area contributed by atoms with Crippen LogP contribution in [0.2, 0.25) is 0 Å². The maximum absolute atomic E-state index is 9.27. The van der Waals surface area contributed by atoms with Crippen molar-refractivity contribution in [2.45, 2.75) is 37.3 Å². The lowest BCUT2D eigenvalue weighted by atomic mass is 10.1. The molecule has 0 heterocycles. The predicted molar refractivity (Wildman–Crippen MR) is 69.5 cm³/mol. The monoisotopic (exact) mass is 240 g/mol. The molecule has 2 nitrogen and oxygen atoms in total. The minimum atomic E-state index is -0.147. The molecule has 3 heteroatoms. The highest BCUT2D eigenvalue weighted by atomic mass is 32.2. The molecule has 0 aliphatic carbocycles. The fraction of sp³-hybridized carbons (Fsp3) is 0.538. The van der Waals surface area contributed by atoms with Gasteiger partial charge in [-0.2, -0.15) is 0 Å². The summed E-state index contributed by atoms with van der Waals surface area (Å²) in [4.78, 5) is 1.21. The number of methoxy groups -OCH3 is 1. The summed E-state index contributed by atoms with van der Waals surface area (Å²) >= 11 is 1.70. The molecule has 0 saturated heterocycles. The molecule has 0 aliphatic heterocycles. The van der Waals surface area contributed by atoms with Crippen molar-refractivity contribution in [3.05, 3.63) is 23.3 Å². The second kappa shape index (κ2) is 5.11. The zero-order chi connectivity index (χ0) is 12.3. The molecule has 0 radical (unpaired) electrons. The van der Waals surface area contributed by atoms with Gasteiger partial charge in [0.2, 0.25) is 0 Å². The molecule has 90 valence electrons. The molecular weight excluding hydrogens is 220 g/mol. The summed E-state index contributed by atoms with van der Waals surface area (Å²) in [5, 5.41) is 9.27. The first-order valence-corrected chi connectivity index (χ1v) is 6.17. The van der Waals surface area contributed by atoms with Gasteiger partial charge in [0.25, 0.3) is 0 Å². The number of aliphatic hydroxyl groups excluding tert-OH is 1. The molecule has 1 aromatic rings. The Labute approximate surface area is 102 Å². The van der Waals surface area contributed by atoms with Crippen molar-refractivity contribution in [1.82, 2.24) is 0 Å². The molecule has 0 unspecified atom stereocenters. The summed E-state index contributed by atoms with van der Waals surface area (Å²) in [5.74, 6) is 0.920. The highest BCUT2D eigenvalue weighted by Crippen LogP contribution is 2.37. The quantitative estimate of drug-likeness (QED) is 0.820. The molecule has 1 N–H and O–H groups in total. The Bertz CT molecular complexity index is 372. The lowest BCUT2D eigenvalue weighted by molar-refractivity contribution is 0.265. The number of benzene rings is 1. The van der Waals surface area contributed by atoms with Crippen LogP contribution in [0.1, 0.15) is 25.0 Å². The fourth-order valence-corrected chi connectivity index (χ4v) is 2.53. The summed E-state index contributed by atoms with van der Waals surface area (Å²) < 4.78 is 5.13. The first-order valence-electron chi connectivity index (χ1n) is 5.35. The lowest BCUT2D eigenvalue weighted by Gasteiger charge is -2.23. The molecule has 0 saturated carbocycles. The molecule has 0 amide bonds. The van der Waals surface area contributed by atoms with Crippen molar-refractivity contribution in [3.8, 4) is 5.75 Å². The summed E-state index contributed by atoms with van der Waals surface area (Å²) in [6, 6.07) is 4.04. The highest BCUT2D eigenvalue weighted by molar-refractivity contribution is 8.00. The number of thioether (sulfide) groups is 1. The number of aliphatic hydroxyl groups is 1. The van der Waals surface area contributed by atoms with Gasteiger partial charge in [0, 0.05) is 9.64 Å². The van der Waals surface area contributed by atoms with Crippen LogP contribution in [-0.4, -0.2) is 23.6 Å². The first kappa shape index (κ1) is 13.4. The van der Waals surface area contributed by atoms with Crippen LogP contribution in [-0.2, 0) is 0 Å². The molecule has 0 spiro atoms. The SMILES string of the molecule is COc1ccc(SC(C)(C)CO)c(C)c1C. The minimum absolute atomic E-state index is 0.147. The molecule has 0 atom stereocenters. The third-order valence-electron chi connectivity index (χ3n) is 2.67. The van der Waals surface area contributed by atoms with Gasteiger partial charge >= 0.3 is 0 Å². The number of ether oxygens (including phenoxy) is 1. The van der Waals surface area contributed by atoms with E-state index >= 15 is 0 Å². The van der Waals surface area contributed by atoms with Gasteiger partial charge in [-0.1, -0.05) is 0 Å². The van der Waals surface area contributed by atoms with Crippen LogP contribution in [0, 0.1) is 13.8 Å². The highest BCUT2D eigenvalue weighted by Gasteiger charge is 2.20. The van der Waals surface area contributed by atoms with Crippen LogP contribution in [0.3, 0.4) is 0 Å². The third kappa shape index (κ3) is 2.92. The van der Waals surface area contributed by atoms with Crippen LogP contribution >= 0.6 is 11.8 Å². The summed E-state index contributed by atoms with van der Waals surface area (Å²) in [7, 11) is 1.69. The topological polar surface area (TPSA) is 29.5 Å². The van der Waals surface area contributed by atoms with Crippen molar-refractivity contribution < 1.29 is 9.84 Å². The standard InChI is InChI=1S/C13H20O2S/c1-9-10(2)12(7-6-11(9)15-5)16-13(3,4)8-14/h6-7,14H,8H2,1-5H3. The number of rotatable bonds is 4. The van der Waals surface area contributed by atoms with E-state index in [1.165, 1.54) is 16.0 Å². The van der Waals surface area contributed by atoms with Gasteiger partial charge < -0.3 is 9.84 Å². The predicted octanol–water partition coefficient (Wildman–Crippen LogP) is 3.18. The van der Waals surface area contributed by atoms with Gasteiger partial charge in [-0.15, -0.1) is 11.8 Å². The number of hydrogen-bond acceptors (Lipinski definition) is 3. The summed E-state index contributed by atoms with van der Waals surface area (Å²) in [6.07, 6.45) is 0. The smallest absolute Gasteiger partial charge is 0.122 e. The van der Waals surface area contributed by atoms with Crippen LogP contribution in [0.5, 0.6) is 5.75 Å². The largest absolute Gasteiger partial charge is 0.496 e. The van der Waals surface area contributed by atoms with Gasteiger partial charge in [0.05, 0.1) is 13.7 Å². The van der Waals surface area contributed by atoms with E-state index in [1.807, 2.05) is 19.9 Å². The van der Waals surface area contributed by atoms with Crippen LogP contribution in [0.25, 0.3) is 0 Å². The van der Waals surface area contributed by atoms with E-state index in [-0.39, 0.29) is 11.4 Å². The Hall–Kier alpha value is -0.670. The van der Waals surface area contributed by atoms with Gasteiger partial charge in [-0.25, -0.2) is 0 Å². The maximum atomic E-state index is 9.27. The Morgan fingerprint density at radius 1 is 1.25 bits per heavy atom. The molecular formula is C13H20O2S. The Morgan fingerprint density at radius 3 is 2.38 bits per heavy atom. The molecule has 0 fully saturated rings. The molecule has 0 aliphatic rings. The Balaban J connectivity index is 3.04. The van der Waals surface area contributed by atoms with E-state index in [0.29, 0.717) is 0 Å².